The lowest BCUT2D eigenvalue weighted by Gasteiger charge is -2.08. The lowest BCUT2D eigenvalue weighted by Crippen LogP contribution is -1.96. The highest BCUT2D eigenvalue weighted by Crippen LogP contribution is 2.29. The minimum Gasteiger partial charge on any atom is -0.493 e. The summed E-state index contributed by atoms with van der Waals surface area (Å²) in [6.07, 6.45) is 2.77. The van der Waals surface area contributed by atoms with Crippen molar-refractivity contribution in [2.45, 2.75) is 12.2 Å². The highest BCUT2D eigenvalue weighted by Gasteiger charge is 2.12. The number of aromatic nitrogens is 4. The van der Waals surface area contributed by atoms with Crippen molar-refractivity contribution in [3.8, 4) is 11.5 Å². The molecule has 0 fully saturated rings. The summed E-state index contributed by atoms with van der Waals surface area (Å²) in [5.41, 5.74) is 1.12. The van der Waals surface area contributed by atoms with Gasteiger partial charge < -0.3 is 9.47 Å². The van der Waals surface area contributed by atoms with Crippen LogP contribution >= 0.6 is 23.1 Å². The Balaban J connectivity index is 1.86. The Morgan fingerprint density at radius 2 is 2.00 bits per heavy atom. The first-order valence-electron chi connectivity index (χ1n) is 6.65. The van der Waals surface area contributed by atoms with Crippen molar-refractivity contribution in [3.63, 3.8) is 0 Å². The van der Waals surface area contributed by atoms with Gasteiger partial charge >= 0.3 is 0 Å². The zero-order valence-corrected chi connectivity index (χ0v) is 14.2. The first kappa shape index (κ1) is 15.1. The van der Waals surface area contributed by atoms with Crippen molar-refractivity contribution in [3.05, 3.63) is 34.6 Å². The van der Waals surface area contributed by atoms with Crippen molar-refractivity contribution in [1.29, 1.82) is 0 Å². The van der Waals surface area contributed by atoms with E-state index in [1.807, 2.05) is 29.0 Å². The topological polar surface area (TPSA) is 61.5 Å². The number of hydrogen-bond donors (Lipinski definition) is 0. The van der Waals surface area contributed by atoms with Crippen LogP contribution in [0.2, 0.25) is 0 Å². The molecule has 0 atom stereocenters. The molecule has 1 aromatic carbocycles. The standard InChI is InChI=1S/C14H16N4O2S2/c1-19-10-5-4-9(6-11(10)20-2)7-13-17-18-12(8-21-3)15-16-14(18)22-13/h4-6H,7-8H2,1-3H3. The van der Waals surface area contributed by atoms with Crippen LogP contribution in [-0.2, 0) is 12.2 Å². The second-order valence-electron chi connectivity index (χ2n) is 4.61. The zero-order chi connectivity index (χ0) is 15.5. The minimum absolute atomic E-state index is 0.728. The Kier molecular flexibility index (Phi) is 4.49. The van der Waals surface area contributed by atoms with E-state index in [0.717, 1.165) is 45.0 Å². The van der Waals surface area contributed by atoms with E-state index in [-0.39, 0.29) is 0 Å². The maximum atomic E-state index is 5.34. The maximum Gasteiger partial charge on any atom is 0.234 e. The van der Waals surface area contributed by atoms with Crippen molar-refractivity contribution in [2.75, 3.05) is 20.5 Å². The maximum absolute atomic E-state index is 5.34. The van der Waals surface area contributed by atoms with E-state index in [0.29, 0.717) is 0 Å². The summed E-state index contributed by atoms with van der Waals surface area (Å²) in [5.74, 6) is 3.15. The number of benzene rings is 1. The van der Waals surface area contributed by atoms with Gasteiger partial charge in [0.25, 0.3) is 0 Å². The average Bonchev–Trinajstić information content (AvgIpc) is 3.09. The lowest BCUT2D eigenvalue weighted by molar-refractivity contribution is 0.354. The second kappa shape index (κ2) is 6.53. The molecule has 116 valence electrons. The van der Waals surface area contributed by atoms with Crippen LogP contribution in [0.1, 0.15) is 16.4 Å². The Morgan fingerprint density at radius 1 is 1.18 bits per heavy atom. The Bertz CT molecular complexity index is 784. The SMILES string of the molecule is COc1ccc(Cc2nn3c(CSC)nnc3s2)cc1OC. The number of nitrogens with zero attached hydrogens (tertiary/aromatic N) is 4. The number of hydrogen-bond acceptors (Lipinski definition) is 7. The summed E-state index contributed by atoms with van der Waals surface area (Å²) < 4.78 is 12.4. The van der Waals surface area contributed by atoms with Gasteiger partial charge in [0.15, 0.2) is 17.3 Å². The zero-order valence-electron chi connectivity index (χ0n) is 12.6. The van der Waals surface area contributed by atoms with Gasteiger partial charge in [0.2, 0.25) is 4.96 Å². The average molecular weight is 336 g/mol. The van der Waals surface area contributed by atoms with E-state index in [1.54, 1.807) is 37.3 Å². The van der Waals surface area contributed by atoms with Crippen LogP contribution in [0.15, 0.2) is 18.2 Å². The molecular weight excluding hydrogens is 320 g/mol. The molecule has 2 aromatic heterocycles. The molecular formula is C14H16N4O2S2. The van der Waals surface area contributed by atoms with Crippen molar-refractivity contribution in [1.82, 2.24) is 19.8 Å². The summed E-state index contributed by atoms with van der Waals surface area (Å²) in [5, 5.41) is 13.9. The highest BCUT2D eigenvalue weighted by molar-refractivity contribution is 7.97. The van der Waals surface area contributed by atoms with Crippen molar-refractivity contribution >= 4 is 28.1 Å². The molecule has 0 spiro atoms. The third kappa shape index (κ3) is 2.89. The quantitative estimate of drug-likeness (QED) is 0.690. The summed E-state index contributed by atoms with van der Waals surface area (Å²) in [6, 6.07) is 5.91. The van der Waals surface area contributed by atoms with Crippen LogP contribution in [0.3, 0.4) is 0 Å². The van der Waals surface area contributed by atoms with E-state index in [1.165, 1.54) is 0 Å². The Morgan fingerprint density at radius 3 is 2.73 bits per heavy atom. The molecule has 0 saturated heterocycles. The van der Waals surface area contributed by atoms with Crippen LogP contribution in [-0.4, -0.2) is 40.3 Å². The van der Waals surface area contributed by atoms with E-state index in [2.05, 4.69) is 15.3 Å². The van der Waals surface area contributed by atoms with Gasteiger partial charge in [-0.25, -0.2) is 0 Å². The molecule has 0 N–H and O–H groups in total. The van der Waals surface area contributed by atoms with Crippen LogP contribution in [0, 0.1) is 0 Å². The van der Waals surface area contributed by atoms with Gasteiger partial charge in [0.1, 0.15) is 5.01 Å². The normalized spacial score (nSPS) is 11.0. The largest absolute Gasteiger partial charge is 0.493 e. The van der Waals surface area contributed by atoms with Gasteiger partial charge in [-0.2, -0.15) is 21.4 Å². The van der Waals surface area contributed by atoms with E-state index in [9.17, 15) is 0 Å². The van der Waals surface area contributed by atoms with Crippen LogP contribution in [0.25, 0.3) is 4.96 Å². The first-order chi connectivity index (χ1) is 10.7. The van der Waals surface area contributed by atoms with Crippen molar-refractivity contribution in [2.24, 2.45) is 0 Å². The van der Waals surface area contributed by atoms with Gasteiger partial charge in [-0.15, -0.1) is 10.2 Å². The molecule has 8 heteroatoms. The summed E-state index contributed by atoms with van der Waals surface area (Å²) in [6.45, 7) is 0. The molecule has 0 unspecified atom stereocenters. The molecule has 2 heterocycles. The molecule has 0 aliphatic rings. The number of fused-ring (bicyclic) bond motifs is 1. The molecule has 22 heavy (non-hydrogen) atoms. The molecule has 0 radical (unpaired) electrons. The first-order valence-corrected chi connectivity index (χ1v) is 8.86. The predicted molar refractivity (Wildman–Crippen MR) is 88.2 cm³/mol. The number of methoxy groups -OCH3 is 2. The van der Waals surface area contributed by atoms with E-state index in [4.69, 9.17) is 9.47 Å². The number of thioether (sulfide) groups is 1. The molecule has 3 rings (SSSR count). The Hall–Kier alpha value is -1.80. The molecule has 0 bridgehead atoms. The van der Waals surface area contributed by atoms with E-state index >= 15 is 0 Å². The molecule has 0 saturated carbocycles. The van der Waals surface area contributed by atoms with Gasteiger partial charge in [-0.1, -0.05) is 17.4 Å². The second-order valence-corrected chi connectivity index (χ2v) is 6.51. The fourth-order valence-corrected chi connectivity index (χ4v) is 3.48. The van der Waals surface area contributed by atoms with Gasteiger partial charge in [0.05, 0.1) is 20.0 Å². The Labute approximate surface area is 136 Å². The molecule has 3 aromatic rings. The highest BCUT2D eigenvalue weighted by atomic mass is 32.2. The van der Waals surface area contributed by atoms with Gasteiger partial charge in [-0.05, 0) is 24.0 Å². The summed E-state index contributed by atoms with van der Waals surface area (Å²) in [4.78, 5) is 0.833. The number of ether oxygens (including phenoxy) is 2. The van der Waals surface area contributed by atoms with Gasteiger partial charge in [0, 0.05) is 6.42 Å². The molecule has 0 amide bonds. The van der Waals surface area contributed by atoms with Crippen molar-refractivity contribution < 1.29 is 9.47 Å². The third-order valence-electron chi connectivity index (χ3n) is 3.17. The third-order valence-corrected chi connectivity index (χ3v) is 4.62. The molecule has 0 aliphatic carbocycles. The van der Waals surface area contributed by atoms with Gasteiger partial charge in [-0.3, -0.25) is 0 Å². The molecule has 0 aliphatic heterocycles. The number of rotatable bonds is 6. The molecule has 6 nitrogen and oxygen atoms in total. The van der Waals surface area contributed by atoms with E-state index < -0.39 is 0 Å². The summed E-state index contributed by atoms with van der Waals surface area (Å²) >= 11 is 3.27. The van der Waals surface area contributed by atoms with Crippen LogP contribution in [0.4, 0.5) is 0 Å². The lowest BCUT2D eigenvalue weighted by atomic mass is 10.1. The predicted octanol–water partition coefficient (Wildman–Crippen LogP) is 2.66. The fourth-order valence-electron chi connectivity index (χ4n) is 2.15. The fraction of sp³-hybridized carbons (Fsp3) is 0.357. The van der Waals surface area contributed by atoms with Crippen LogP contribution in [0.5, 0.6) is 11.5 Å². The minimum atomic E-state index is 0.728. The summed E-state index contributed by atoms with van der Waals surface area (Å²) in [7, 11) is 3.27. The monoisotopic (exact) mass is 336 g/mol. The smallest absolute Gasteiger partial charge is 0.234 e. The van der Waals surface area contributed by atoms with Crippen LogP contribution < -0.4 is 9.47 Å².